The summed E-state index contributed by atoms with van der Waals surface area (Å²) in [4.78, 5) is 0. The van der Waals surface area contributed by atoms with E-state index in [2.05, 4.69) is 6.07 Å². The second kappa shape index (κ2) is 3.31. The maximum absolute atomic E-state index is 8.86. The first-order chi connectivity index (χ1) is 6.77. The molecule has 1 aromatic heterocycles. The summed E-state index contributed by atoms with van der Waals surface area (Å²) in [7, 11) is 0. The van der Waals surface area contributed by atoms with Crippen molar-refractivity contribution >= 4 is 33.0 Å². The van der Waals surface area contributed by atoms with Crippen molar-refractivity contribution in [1.29, 1.82) is 10.5 Å². The lowest BCUT2D eigenvalue weighted by Crippen LogP contribution is -1.74. The Morgan fingerprint density at radius 1 is 1.21 bits per heavy atom. The van der Waals surface area contributed by atoms with Gasteiger partial charge in [-0.3, -0.25) is 0 Å². The number of halogens is 1. The molecule has 2 nitrogen and oxygen atoms in total. The van der Waals surface area contributed by atoms with Gasteiger partial charge in [0.1, 0.15) is 16.5 Å². The smallest absolute Gasteiger partial charge is 0.112 e. The summed E-state index contributed by atoms with van der Waals surface area (Å²) in [6, 6.07) is 9.39. The van der Waals surface area contributed by atoms with Gasteiger partial charge < -0.3 is 0 Å². The number of hydrogen-bond donors (Lipinski definition) is 0. The minimum atomic E-state index is 0.449. The van der Waals surface area contributed by atoms with Crippen molar-refractivity contribution in [3.8, 4) is 12.1 Å². The Kier molecular flexibility index (Phi) is 2.13. The molecule has 0 saturated carbocycles. The van der Waals surface area contributed by atoms with E-state index in [1.54, 1.807) is 18.2 Å². The third-order valence-corrected chi connectivity index (χ3v) is 3.35. The first-order valence-electron chi connectivity index (χ1n) is 3.79. The maximum atomic E-state index is 8.86. The third-order valence-electron chi connectivity index (χ3n) is 1.90. The second-order valence-corrected chi connectivity index (χ2v) is 4.28. The van der Waals surface area contributed by atoms with Crippen molar-refractivity contribution in [2.75, 3.05) is 0 Å². The Labute approximate surface area is 89.6 Å². The van der Waals surface area contributed by atoms with Gasteiger partial charge in [0, 0.05) is 5.39 Å². The van der Waals surface area contributed by atoms with Gasteiger partial charge in [0.25, 0.3) is 0 Å². The SMILES string of the molecule is N#Cc1c(Cl)sc2c(C#N)cccc12. The van der Waals surface area contributed by atoms with Gasteiger partial charge in [0.15, 0.2) is 0 Å². The fourth-order valence-corrected chi connectivity index (χ4v) is 2.60. The number of hydrogen-bond acceptors (Lipinski definition) is 3. The number of rotatable bonds is 0. The molecule has 14 heavy (non-hydrogen) atoms. The Balaban J connectivity index is 2.96. The molecule has 0 aliphatic heterocycles. The molecule has 0 bridgehead atoms. The molecule has 0 unspecified atom stereocenters. The first-order valence-corrected chi connectivity index (χ1v) is 4.98. The Bertz CT molecular complexity index is 586. The van der Waals surface area contributed by atoms with Crippen LogP contribution in [0.2, 0.25) is 4.34 Å². The van der Waals surface area contributed by atoms with Crippen LogP contribution in [0.25, 0.3) is 10.1 Å². The summed E-state index contributed by atoms with van der Waals surface area (Å²) in [6.07, 6.45) is 0. The minimum Gasteiger partial charge on any atom is -0.192 e. The summed E-state index contributed by atoms with van der Waals surface area (Å²) in [5.41, 5.74) is 1.03. The molecule has 0 aliphatic rings. The van der Waals surface area contributed by atoms with Crippen LogP contribution in [0.15, 0.2) is 18.2 Å². The highest BCUT2D eigenvalue weighted by atomic mass is 35.5. The van der Waals surface area contributed by atoms with Crippen LogP contribution in [0.4, 0.5) is 0 Å². The molecule has 0 radical (unpaired) electrons. The molecule has 0 saturated heterocycles. The lowest BCUT2D eigenvalue weighted by atomic mass is 10.1. The van der Waals surface area contributed by atoms with E-state index >= 15 is 0 Å². The van der Waals surface area contributed by atoms with Crippen molar-refractivity contribution in [1.82, 2.24) is 0 Å². The third kappa shape index (κ3) is 1.15. The van der Waals surface area contributed by atoms with Gasteiger partial charge in [0.05, 0.1) is 15.8 Å². The van der Waals surface area contributed by atoms with Gasteiger partial charge in [-0.05, 0) is 6.07 Å². The normalized spacial score (nSPS) is 9.64. The molecule has 66 valence electrons. The summed E-state index contributed by atoms with van der Waals surface area (Å²) in [5.74, 6) is 0. The number of nitrogens with zero attached hydrogens (tertiary/aromatic N) is 2. The molecule has 0 amide bonds. The van der Waals surface area contributed by atoms with Gasteiger partial charge in [-0.15, -0.1) is 11.3 Å². The molecule has 1 aromatic carbocycles. The molecule has 0 N–H and O–H groups in total. The summed E-state index contributed by atoms with van der Waals surface area (Å²) in [5, 5.41) is 18.5. The highest BCUT2D eigenvalue weighted by Gasteiger charge is 2.12. The summed E-state index contributed by atoms with van der Waals surface area (Å²) < 4.78 is 1.24. The predicted octanol–water partition coefficient (Wildman–Crippen LogP) is 3.30. The molecule has 1 heterocycles. The first kappa shape index (κ1) is 9.02. The van der Waals surface area contributed by atoms with Gasteiger partial charge in [-0.25, -0.2) is 0 Å². The van der Waals surface area contributed by atoms with E-state index in [4.69, 9.17) is 22.1 Å². The van der Waals surface area contributed by atoms with Crippen LogP contribution in [-0.4, -0.2) is 0 Å². The molecule has 4 heteroatoms. The van der Waals surface area contributed by atoms with E-state index in [0.717, 1.165) is 10.1 Å². The zero-order chi connectivity index (χ0) is 10.1. The van der Waals surface area contributed by atoms with Crippen LogP contribution >= 0.6 is 22.9 Å². The zero-order valence-corrected chi connectivity index (χ0v) is 8.49. The summed E-state index contributed by atoms with van der Waals surface area (Å²) >= 11 is 7.16. The van der Waals surface area contributed by atoms with E-state index in [0.29, 0.717) is 15.5 Å². The topological polar surface area (TPSA) is 47.6 Å². The second-order valence-electron chi connectivity index (χ2n) is 2.66. The molecule has 0 aliphatic carbocycles. The van der Waals surface area contributed by atoms with E-state index in [9.17, 15) is 0 Å². The molecule has 0 spiro atoms. The van der Waals surface area contributed by atoms with Crippen LogP contribution in [0.1, 0.15) is 11.1 Å². The zero-order valence-electron chi connectivity index (χ0n) is 6.91. The molecular formula is C10H3ClN2S. The Hall–Kier alpha value is -1.55. The van der Waals surface area contributed by atoms with E-state index in [1.165, 1.54) is 11.3 Å². The molecule has 2 rings (SSSR count). The Morgan fingerprint density at radius 2 is 2.00 bits per heavy atom. The van der Waals surface area contributed by atoms with Gasteiger partial charge in [0.2, 0.25) is 0 Å². The van der Waals surface area contributed by atoms with Crippen LogP contribution < -0.4 is 0 Å². The number of nitriles is 2. The number of fused-ring (bicyclic) bond motifs is 1. The fraction of sp³-hybridized carbons (Fsp3) is 0. The fourth-order valence-electron chi connectivity index (χ4n) is 1.28. The highest BCUT2D eigenvalue weighted by Crippen LogP contribution is 2.36. The van der Waals surface area contributed by atoms with E-state index in [1.807, 2.05) is 6.07 Å². The monoisotopic (exact) mass is 218 g/mol. The van der Waals surface area contributed by atoms with Gasteiger partial charge >= 0.3 is 0 Å². The van der Waals surface area contributed by atoms with Crippen LogP contribution in [-0.2, 0) is 0 Å². The van der Waals surface area contributed by atoms with E-state index < -0.39 is 0 Å². The van der Waals surface area contributed by atoms with Crippen molar-refractivity contribution in [2.45, 2.75) is 0 Å². The minimum absolute atomic E-state index is 0.449. The standard InChI is InChI=1S/C10H3ClN2S/c11-10-8(5-13)7-3-1-2-6(4-12)9(7)14-10/h1-3H. The number of thiophene rings is 1. The van der Waals surface area contributed by atoms with Crippen LogP contribution in [0, 0.1) is 22.7 Å². The maximum Gasteiger partial charge on any atom is 0.112 e. The molecule has 0 fully saturated rings. The summed E-state index contributed by atoms with van der Waals surface area (Å²) in [6.45, 7) is 0. The number of benzene rings is 1. The highest BCUT2D eigenvalue weighted by molar-refractivity contribution is 7.23. The van der Waals surface area contributed by atoms with Crippen LogP contribution in [0.5, 0.6) is 0 Å². The average molecular weight is 219 g/mol. The van der Waals surface area contributed by atoms with Crippen molar-refractivity contribution in [2.24, 2.45) is 0 Å². The van der Waals surface area contributed by atoms with E-state index in [-0.39, 0.29) is 0 Å². The average Bonchev–Trinajstić information content (AvgIpc) is 2.52. The van der Waals surface area contributed by atoms with Gasteiger partial charge in [-0.1, -0.05) is 23.7 Å². The van der Waals surface area contributed by atoms with Crippen LogP contribution in [0.3, 0.4) is 0 Å². The largest absolute Gasteiger partial charge is 0.192 e. The van der Waals surface area contributed by atoms with Gasteiger partial charge in [-0.2, -0.15) is 10.5 Å². The quantitative estimate of drug-likeness (QED) is 0.681. The Morgan fingerprint density at radius 3 is 2.64 bits per heavy atom. The lowest BCUT2D eigenvalue weighted by molar-refractivity contribution is 1.50. The van der Waals surface area contributed by atoms with Crippen molar-refractivity contribution in [3.63, 3.8) is 0 Å². The predicted molar refractivity (Wildman–Crippen MR) is 56.3 cm³/mol. The van der Waals surface area contributed by atoms with Crippen molar-refractivity contribution in [3.05, 3.63) is 33.7 Å². The molecular weight excluding hydrogens is 216 g/mol. The molecule has 0 atom stereocenters. The molecule has 2 aromatic rings. The van der Waals surface area contributed by atoms with Crippen molar-refractivity contribution < 1.29 is 0 Å². The lowest BCUT2D eigenvalue weighted by Gasteiger charge is -1.90.